The zero-order valence-corrected chi connectivity index (χ0v) is 11.9. The van der Waals surface area contributed by atoms with Crippen molar-refractivity contribution >= 4 is 22.4 Å². The van der Waals surface area contributed by atoms with Gasteiger partial charge in [0.1, 0.15) is 0 Å². The van der Waals surface area contributed by atoms with Crippen LogP contribution in [0.4, 0.5) is 0 Å². The molecule has 1 unspecified atom stereocenters. The van der Waals surface area contributed by atoms with Crippen LogP contribution in [0.25, 0.3) is 0 Å². The number of benzene rings is 1. The lowest BCUT2D eigenvalue weighted by Gasteiger charge is -2.16. The third-order valence-electron chi connectivity index (χ3n) is 3.05. The summed E-state index contributed by atoms with van der Waals surface area (Å²) in [6, 6.07) is 7.60. The summed E-state index contributed by atoms with van der Waals surface area (Å²) in [5, 5.41) is 8.66. The largest absolute Gasteiger partial charge is 0.329 e. The van der Waals surface area contributed by atoms with E-state index in [0.717, 1.165) is 12.8 Å². The molecule has 1 aromatic carbocycles. The molecule has 1 atom stereocenters. The van der Waals surface area contributed by atoms with Crippen LogP contribution in [0, 0.1) is 17.2 Å². The number of nitriles is 1. The predicted octanol–water partition coefficient (Wildman–Crippen LogP) is 0.996. The Bertz CT molecular complexity index is 562. The number of nitrogens with zero attached hydrogens (tertiary/aromatic N) is 1. The molecule has 7 heteroatoms. The highest BCUT2D eigenvalue weighted by Gasteiger charge is 2.33. The van der Waals surface area contributed by atoms with E-state index in [0.29, 0.717) is 18.0 Å². The van der Waals surface area contributed by atoms with Crippen molar-refractivity contribution in [2.75, 3.05) is 6.54 Å². The SMILES string of the molecule is Cl.N#Cc1ccc(S(=O)(=O)NC(CN)C2CC2)cc1. The van der Waals surface area contributed by atoms with Crippen molar-refractivity contribution < 1.29 is 8.42 Å². The summed E-state index contributed by atoms with van der Waals surface area (Å²) in [6.45, 7) is 0.306. The number of halogens is 1. The molecule has 1 saturated carbocycles. The summed E-state index contributed by atoms with van der Waals surface area (Å²) in [6.07, 6.45) is 2.05. The highest BCUT2D eigenvalue weighted by molar-refractivity contribution is 7.89. The number of nitrogens with one attached hydrogen (secondary N) is 1. The minimum absolute atomic E-state index is 0. The van der Waals surface area contributed by atoms with Gasteiger partial charge in [0, 0.05) is 12.6 Å². The van der Waals surface area contributed by atoms with E-state index in [1.807, 2.05) is 6.07 Å². The van der Waals surface area contributed by atoms with Gasteiger partial charge in [-0.3, -0.25) is 0 Å². The van der Waals surface area contributed by atoms with Crippen molar-refractivity contribution in [2.24, 2.45) is 11.7 Å². The molecule has 0 aliphatic heterocycles. The first-order valence-electron chi connectivity index (χ1n) is 5.79. The molecule has 0 saturated heterocycles. The van der Waals surface area contributed by atoms with E-state index in [1.165, 1.54) is 24.3 Å². The molecule has 1 aliphatic carbocycles. The molecule has 0 radical (unpaired) electrons. The predicted molar refractivity (Wildman–Crippen MR) is 74.3 cm³/mol. The Morgan fingerprint density at radius 3 is 2.37 bits per heavy atom. The Kier molecular flexibility index (Phi) is 5.32. The van der Waals surface area contributed by atoms with Crippen LogP contribution in [-0.2, 0) is 10.0 Å². The molecular formula is C12H16ClN3O2S. The molecule has 1 aromatic rings. The van der Waals surface area contributed by atoms with E-state index < -0.39 is 10.0 Å². The van der Waals surface area contributed by atoms with Crippen molar-refractivity contribution in [3.05, 3.63) is 29.8 Å². The fourth-order valence-corrected chi connectivity index (χ4v) is 3.13. The van der Waals surface area contributed by atoms with Gasteiger partial charge in [-0.05, 0) is 43.0 Å². The van der Waals surface area contributed by atoms with E-state index in [1.54, 1.807) is 0 Å². The standard InChI is InChI=1S/C12H15N3O2S.ClH/c13-7-9-1-5-11(6-2-9)18(16,17)15-12(8-14)10-3-4-10;/h1-2,5-6,10,12,15H,3-4,8,14H2;1H. The minimum Gasteiger partial charge on any atom is -0.329 e. The van der Waals surface area contributed by atoms with Crippen molar-refractivity contribution in [1.29, 1.82) is 5.26 Å². The molecular weight excluding hydrogens is 286 g/mol. The zero-order chi connectivity index (χ0) is 13.2. The van der Waals surface area contributed by atoms with E-state index in [-0.39, 0.29) is 23.3 Å². The van der Waals surface area contributed by atoms with Gasteiger partial charge in [-0.25, -0.2) is 13.1 Å². The maximum absolute atomic E-state index is 12.1. The van der Waals surface area contributed by atoms with E-state index in [4.69, 9.17) is 11.0 Å². The number of rotatable bonds is 5. The minimum atomic E-state index is -3.54. The molecule has 19 heavy (non-hydrogen) atoms. The smallest absolute Gasteiger partial charge is 0.240 e. The Morgan fingerprint density at radius 1 is 1.37 bits per heavy atom. The van der Waals surface area contributed by atoms with Crippen LogP contribution in [0.2, 0.25) is 0 Å². The van der Waals surface area contributed by atoms with Crippen LogP contribution in [0.5, 0.6) is 0 Å². The average molecular weight is 302 g/mol. The van der Waals surface area contributed by atoms with Crippen molar-refractivity contribution in [3.63, 3.8) is 0 Å². The van der Waals surface area contributed by atoms with Gasteiger partial charge in [0.15, 0.2) is 0 Å². The maximum atomic E-state index is 12.1. The fraction of sp³-hybridized carbons (Fsp3) is 0.417. The molecule has 5 nitrogen and oxygen atoms in total. The molecule has 3 N–H and O–H groups in total. The summed E-state index contributed by atoms with van der Waals surface area (Å²) in [7, 11) is -3.54. The first kappa shape index (κ1) is 15.9. The molecule has 0 spiro atoms. The second kappa shape index (κ2) is 6.35. The first-order chi connectivity index (χ1) is 8.56. The number of nitrogens with two attached hydrogens (primary N) is 1. The molecule has 0 aromatic heterocycles. The molecule has 2 rings (SSSR count). The molecule has 0 bridgehead atoms. The van der Waals surface area contributed by atoms with Gasteiger partial charge in [-0.1, -0.05) is 0 Å². The fourth-order valence-electron chi connectivity index (χ4n) is 1.81. The number of hydrogen-bond donors (Lipinski definition) is 2. The number of sulfonamides is 1. The molecule has 0 heterocycles. The normalized spacial score (nSPS) is 16.2. The second-order valence-electron chi connectivity index (χ2n) is 4.44. The monoisotopic (exact) mass is 301 g/mol. The highest BCUT2D eigenvalue weighted by Crippen LogP contribution is 2.32. The van der Waals surface area contributed by atoms with Gasteiger partial charge in [-0.2, -0.15) is 5.26 Å². The Hall–Kier alpha value is -1.13. The van der Waals surface area contributed by atoms with Gasteiger partial charge in [0.2, 0.25) is 10.0 Å². The topological polar surface area (TPSA) is 96.0 Å². The summed E-state index contributed by atoms with van der Waals surface area (Å²) in [5.41, 5.74) is 6.01. The van der Waals surface area contributed by atoms with E-state index >= 15 is 0 Å². The lowest BCUT2D eigenvalue weighted by Crippen LogP contribution is -2.41. The highest BCUT2D eigenvalue weighted by atomic mass is 35.5. The van der Waals surface area contributed by atoms with Crippen molar-refractivity contribution in [3.8, 4) is 6.07 Å². The van der Waals surface area contributed by atoms with Gasteiger partial charge in [0.25, 0.3) is 0 Å². The molecule has 0 amide bonds. The van der Waals surface area contributed by atoms with Crippen LogP contribution in [0.15, 0.2) is 29.2 Å². The Labute approximate surface area is 119 Å². The van der Waals surface area contributed by atoms with Crippen molar-refractivity contribution in [2.45, 2.75) is 23.8 Å². The maximum Gasteiger partial charge on any atom is 0.240 e. The number of hydrogen-bond acceptors (Lipinski definition) is 4. The van der Waals surface area contributed by atoms with E-state index in [9.17, 15) is 8.42 Å². The van der Waals surface area contributed by atoms with Crippen LogP contribution >= 0.6 is 12.4 Å². The van der Waals surface area contributed by atoms with Crippen LogP contribution in [0.1, 0.15) is 18.4 Å². The molecule has 104 valence electrons. The van der Waals surface area contributed by atoms with Crippen LogP contribution in [0.3, 0.4) is 0 Å². The van der Waals surface area contributed by atoms with Crippen molar-refractivity contribution in [1.82, 2.24) is 4.72 Å². The summed E-state index contributed by atoms with van der Waals surface area (Å²) >= 11 is 0. The average Bonchev–Trinajstić information content (AvgIpc) is 3.20. The molecule has 1 fully saturated rings. The lowest BCUT2D eigenvalue weighted by molar-refractivity contribution is 0.519. The first-order valence-corrected chi connectivity index (χ1v) is 7.27. The van der Waals surface area contributed by atoms with Gasteiger partial charge < -0.3 is 5.73 Å². The van der Waals surface area contributed by atoms with Crippen LogP contribution < -0.4 is 10.5 Å². The van der Waals surface area contributed by atoms with Gasteiger partial charge >= 0.3 is 0 Å². The summed E-state index contributed by atoms with van der Waals surface area (Å²) in [5.74, 6) is 0.364. The summed E-state index contributed by atoms with van der Waals surface area (Å²) in [4.78, 5) is 0.167. The molecule has 1 aliphatic rings. The Balaban J connectivity index is 0.00000180. The Morgan fingerprint density at radius 2 is 1.95 bits per heavy atom. The third kappa shape index (κ3) is 3.91. The van der Waals surface area contributed by atoms with E-state index in [2.05, 4.69) is 4.72 Å². The second-order valence-corrected chi connectivity index (χ2v) is 6.15. The third-order valence-corrected chi connectivity index (χ3v) is 4.55. The van der Waals surface area contributed by atoms with Gasteiger partial charge in [-0.15, -0.1) is 12.4 Å². The summed E-state index contributed by atoms with van der Waals surface area (Å²) < 4.78 is 26.8. The zero-order valence-electron chi connectivity index (χ0n) is 10.2. The quantitative estimate of drug-likeness (QED) is 0.848. The van der Waals surface area contributed by atoms with Gasteiger partial charge in [0.05, 0.1) is 16.5 Å². The van der Waals surface area contributed by atoms with Crippen LogP contribution in [-0.4, -0.2) is 21.0 Å². The lowest BCUT2D eigenvalue weighted by atomic mass is 10.2.